The Labute approximate surface area is 113 Å². The summed E-state index contributed by atoms with van der Waals surface area (Å²) in [4.78, 5) is 12.7. The molecule has 1 atom stereocenters. The smallest absolute Gasteiger partial charge is 0.198 e. The quantitative estimate of drug-likeness (QED) is 0.784. The molecule has 0 saturated carbocycles. The fourth-order valence-electron chi connectivity index (χ4n) is 2.39. The van der Waals surface area contributed by atoms with Crippen LogP contribution in [-0.4, -0.2) is 32.2 Å². The maximum Gasteiger partial charge on any atom is 0.198 e. The van der Waals surface area contributed by atoms with E-state index in [2.05, 4.69) is 0 Å². The van der Waals surface area contributed by atoms with Gasteiger partial charge in [0.15, 0.2) is 5.78 Å². The molecule has 1 saturated heterocycles. The second-order valence-electron chi connectivity index (χ2n) is 4.93. The zero-order valence-corrected chi connectivity index (χ0v) is 11.7. The molecule has 0 radical (unpaired) electrons. The molecule has 1 aromatic carbocycles. The molecule has 0 spiro atoms. The van der Waals surface area contributed by atoms with Crippen molar-refractivity contribution in [3.8, 4) is 11.5 Å². The van der Waals surface area contributed by atoms with Gasteiger partial charge in [-0.25, -0.2) is 0 Å². The monoisotopic (exact) mass is 264 g/mol. The van der Waals surface area contributed by atoms with Crippen LogP contribution in [0.25, 0.3) is 0 Å². The molecule has 104 valence electrons. The van der Waals surface area contributed by atoms with Crippen molar-refractivity contribution in [2.45, 2.75) is 31.8 Å². The molecule has 1 heterocycles. The first-order valence-corrected chi connectivity index (χ1v) is 6.51. The number of carbonyl (C=O) groups is 1. The van der Waals surface area contributed by atoms with E-state index >= 15 is 0 Å². The molecular formula is C15H20O4. The van der Waals surface area contributed by atoms with Gasteiger partial charge in [0.1, 0.15) is 17.1 Å². The minimum absolute atomic E-state index is 0.0389. The topological polar surface area (TPSA) is 44.8 Å². The predicted octanol–water partition coefficient (Wildman–Crippen LogP) is 2.85. The first-order chi connectivity index (χ1) is 9.10. The summed E-state index contributed by atoms with van der Waals surface area (Å²) >= 11 is 0. The third kappa shape index (κ3) is 2.73. The Kier molecular flexibility index (Phi) is 4.10. The molecule has 1 fully saturated rings. The summed E-state index contributed by atoms with van der Waals surface area (Å²) in [5.41, 5.74) is -0.232. The number of Topliss-reactive ketones (excluding diaryl/α,β-unsaturated/α-hetero) is 1. The third-order valence-corrected chi connectivity index (χ3v) is 3.60. The lowest BCUT2D eigenvalue weighted by Crippen LogP contribution is -2.41. The van der Waals surface area contributed by atoms with Gasteiger partial charge in [-0.15, -0.1) is 0 Å². The largest absolute Gasteiger partial charge is 0.497 e. The lowest BCUT2D eigenvalue weighted by molar-refractivity contribution is -0.0427. The van der Waals surface area contributed by atoms with E-state index in [0.717, 1.165) is 19.3 Å². The normalized spacial score (nSPS) is 22.9. The fourth-order valence-corrected chi connectivity index (χ4v) is 2.39. The van der Waals surface area contributed by atoms with Crippen LogP contribution in [0, 0.1) is 0 Å². The van der Waals surface area contributed by atoms with Crippen LogP contribution in [0.5, 0.6) is 11.5 Å². The van der Waals surface area contributed by atoms with Crippen LogP contribution in [0.1, 0.15) is 36.5 Å². The Morgan fingerprint density at radius 3 is 2.63 bits per heavy atom. The minimum atomic E-state index is -0.752. The fraction of sp³-hybridized carbons (Fsp3) is 0.533. The number of hydrogen-bond donors (Lipinski definition) is 0. The number of methoxy groups -OCH3 is 2. The highest BCUT2D eigenvalue weighted by Crippen LogP contribution is 2.33. The molecule has 19 heavy (non-hydrogen) atoms. The zero-order chi connectivity index (χ0) is 13.9. The van der Waals surface area contributed by atoms with Crippen molar-refractivity contribution in [2.24, 2.45) is 0 Å². The van der Waals surface area contributed by atoms with E-state index in [9.17, 15) is 4.79 Å². The molecule has 1 aromatic rings. The van der Waals surface area contributed by atoms with Gasteiger partial charge in [-0.05, 0) is 44.4 Å². The predicted molar refractivity (Wildman–Crippen MR) is 72.1 cm³/mol. The van der Waals surface area contributed by atoms with Crippen molar-refractivity contribution in [3.05, 3.63) is 23.8 Å². The van der Waals surface area contributed by atoms with Crippen molar-refractivity contribution in [2.75, 3.05) is 20.8 Å². The van der Waals surface area contributed by atoms with E-state index in [1.54, 1.807) is 32.4 Å². The van der Waals surface area contributed by atoms with E-state index in [4.69, 9.17) is 14.2 Å². The Balaban J connectivity index is 2.36. The van der Waals surface area contributed by atoms with Gasteiger partial charge < -0.3 is 14.2 Å². The molecule has 0 bridgehead atoms. The molecule has 0 aliphatic carbocycles. The van der Waals surface area contributed by atoms with Crippen molar-refractivity contribution < 1.29 is 19.0 Å². The van der Waals surface area contributed by atoms with E-state index in [1.807, 2.05) is 6.92 Å². The highest BCUT2D eigenvalue weighted by molar-refractivity contribution is 6.04. The summed E-state index contributed by atoms with van der Waals surface area (Å²) in [7, 11) is 3.14. The maximum atomic E-state index is 12.7. The number of benzene rings is 1. The summed E-state index contributed by atoms with van der Waals surface area (Å²) in [6.07, 6.45) is 2.76. The van der Waals surface area contributed by atoms with Gasteiger partial charge in [-0.1, -0.05) is 0 Å². The molecule has 1 aliphatic heterocycles. The Morgan fingerprint density at radius 1 is 1.26 bits per heavy atom. The first kappa shape index (κ1) is 13.9. The highest BCUT2D eigenvalue weighted by Gasteiger charge is 2.38. The molecule has 1 aliphatic rings. The Bertz CT molecular complexity index is 461. The van der Waals surface area contributed by atoms with Crippen molar-refractivity contribution in [1.29, 1.82) is 0 Å². The van der Waals surface area contributed by atoms with Crippen LogP contribution in [0.15, 0.2) is 18.2 Å². The van der Waals surface area contributed by atoms with Crippen LogP contribution in [-0.2, 0) is 4.74 Å². The van der Waals surface area contributed by atoms with E-state index in [0.29, 0.717) is 23.7 Å². The molecule has 4 nitrogen and oxygen atoms in total. The van der Waals surface area contributed by atoms with Gasteiger partial charge in [0.25, 0.3) is 0 Å². The third-order valence-electron chi connectivity index (χ3n) is 3.60. The zero-order valence-electron chi connectivity index (χ0n) is 11.7. The molecule has 2 rings (SSSR count). The van der Waals surface area contributed by atoms with E-state index in [1.165, 1.54) is 0 Å². The van der Waals surface area contributed by atoms with Crippen molar-refractivity contribution in [1.82, 2.24) is 0 Å². The van der Waals surface area contributed by atoms with E-state index < -0.39 is 5.60 Å². The SMILES string of the molecule is COc1ccc(OC)c(C(=O)C2(C)CCCCO2)c1. The second-order valence-corrected chi connectivity index (χ2v) is 4.93. The molecule has 4 heteroatoms. The van der Waals surface area contributed by atoms with Gasteiger partial charge in [0, 0.05) is 6.61 Å². The summed E-state index contributed by atoms with van der Waals surface area (Å²) in [6, 6.07) is 5.24. The van der Waals surface area contributed by atoms with Crippen molar-refractivity contribution in [3.63, 3.8) is 0 Å². The number of ketones is 1. The summed E-state index contributed by atoms with van der Waals surface area (Å²) in [5.74, 6) is 1.16. The van der Waals surface area contributed by atoms with Crippen LogP contribution >= 0.6 is 0 Å². The average Bonchev–Trinajstić information content (AvgIpc) is 2.46. The Morgan fingerprint density at radius 2 is 2.05 bits per heavy atom. The van der Waals surface area contributed by atoms with Gasteiger partial charge in [-0.2, -0.15) is 0 Å². The molecule has 0 amide bonds. The van der Waals surface area contributed by atoms with Crippen molar-refractivity contribution >= 4 is 5.78 Å². The summed E-state index contributed by atoms with van der Waals surface area (Å²) < 4.78 is 16.2. The van der Waals surface area contributed by atoms with Gasteiger partial charge >= 0.3 is 0 Å². The second kappa shape index (κ2) is 5.61. The molecule has 1 unspecified atom stereocenters. The number of rotatable bonds is 4. The highest BCUT2D eigenvalue weighted by atomic mass is 16.5. The molecule has 0 aromatic heterocycles. The van der Waals surface area contributed by atoms with Gasteiger partial charge in [0.05, 0.1) is 19.8 Å². The summed E-state index contributed by atoms with van der Waals surface area (Å²) in [6.45, 7) is 2.49. The van der Waals surface area contributed by atoms with Gasteiger partial charge in [-0.3, -0.25) is 4.79 Å². The maximum absolute atomic E-state index is 12.7. The Hall–Kier alpha value is -1.55. The van der Waals surface area contributed by atoms with Crippen LogP contribution in [0.2, 0.25) is 0 Å². The molecular weight excluding hydrogens is 244 g/mol. The average molecular weight is 264 g/mol. The number of hydrogen-bond acceptors (Lipinski definition) is 4. The lowest BCUT2D eigenvalue weighted by atomic mass is 9.87. The minimum Gasteiger partial charge on any atom is -0.497 e. The van der Waals surface area contributed by atoms with Gasteiger partial charge in [0.2, 0.25) is 0 Å². The first-order valence-electron chi connectivity index (χ1n) is 6.51. The summed E-state index contributed by atoms with van der Waals surface area (Å²) in [5, 5.41) is 0. The number of carbonyl (C=O) groups excluding carboxylic acids is 1. The van der Waals surface area contributed by atoms with Crippen LogP contribution in [0.4, 0.5) is 0 Å². The standard InChI is InChI=1S/C15H20O4/c1-15(8-4-5-9-19-15)14(16)12-10-11(17-2)6-7-13(12)18-3/h6-7,10H,4-5,8-9H2,1-3H3. The van der Waals surface area contributed by atoms with Crippen LogP contribution < -0.4 is 9.47 Å². The lowest BCUT2D eigenvalue weighted by Gasteiger charge is -2.32. The van der Waals surface area contributed by atoms with Crippen LogP contribution in [0.3, 0.4) is 0 Å². The molecule has 0 N–H and O–H groups in total. The number of ether oxygens (including phenoxy) is 3. The van der Waals surface area contributed by atoms with E-state index in [-0.39, 0.29) is 5.78 Å².